The van der Waals surface area contributed by atoms with E-state index in [1.807, 2.05) is 31.2 Å². The molecule has 0 bridgehead atoms. The van der Waals surface area contributed by atoms with Crippen molar-refractivity contribution in [2.24, 2.45) is 0 Å². The number of benzene rings is 1. The molecule has 0 radical (unpaired) electrons. The highest BCUT2D eigenvalue weighted by Gasteiger charge is 2.28. The highest BCUT2D eigenvalue weighted by molar-refractivity contribution is 9.10. The van der Waals surface area contributed by atoms with Crippen molar-refractivity contribution in [1.29, 1.82) is 0 Å². The molecular formula is C15H18BrNO3. The summed E-state index contributed by atoms with van der Waals surface area (Å²) in [5.74, 6) is -0.175. The summed E-state index contributed by atoms with van der Waals surface area (Å²) in [5.41, 5.74) is 0.357. The second kappa shape index (κ2) is 6.41. The van der Waals surface area contributed by atoms with Crippen molar-refractivity contribution in [2.75, 3.05) is 13.2 Å². The largest absolute Gasteiger partial charge is 0.500 e. The summed E-state index contributed by atoms with van der Waals surface area (Å²) in [7, 11) is 0. The van der Waals surface area contributed by atoms with E-state index in [0.717, 1.165) is 10.0 Å². The molecule has 0 fully saturated rings. The Kier molecular flexibility index (Phi) is 4.83. The molecule has 1 atom stereocenters. The molecule has 0 saturated carbocycles. The van der Waals surface area contributed by atoms with E-state index in [4.69, 9.17) is 4.74 Å². The zero-order valence-corrected chi connectivity index (χ0v) is 12.9. The van der Waals surface area contributed by atoms with Gasteiger partial charge in [-0.25, -0.2) is 0 Å². The van der Waals surface area contributed by atoms with E-state index >= 15 is 0 Å². The van der Waals surface area contributed by atoms with E-state index in [0.29, 0.717) is 25.0 Å². The first-order chi connectivity index (χ1) is 9.55. The number of halogens is 1. The number of carbonyl (C=O) groups excluding carboxylic acids is 1. The third kappa shape index (κ3) is 3.41. The summed E-state index contributed by atoms with van der Waals surface area (Å²) < 4.78 is 6.00. The summed E-state index contributed by atoms with van der Waals surface area (Å²) in [6, 6.07) is 7.48. The second-order valence-corrected chi connectivity index (χ2v) is 5.75. The van der Waals surface area contributed by atoms with E-state index in [2.05, 4.69) is 21.2 Å². The maximum atomic E-state index is 11.9. The molecule has 0 aliphatic carbocycles. The van der Waals surface area contributed by atoms with E-state index in [-0.39, 0.29) is 12.5 Å². The maximum Gasteiger partial charge on any atom is 0.250 e. The minimum absolute atomic E-state index is 0.175. The number of amides is 1. The molecule has 5 heteroatoms. The standard InChI is InChI=1S/C15H18BrNO3/c1-2-15(19,12-3-5-13(16)6-4-12)10-17-14(18)11-7-8-20-9-11/h3-6,9,19H,2,7-8,10H2,1H3,(H,17,18)/t15-/m0/s1. The molecule has 1 aromatic carbocycles. The Bertz CT molecular complexity index is 512. The van der Waals surface area contributed by atoms with Crippen molar-refractivity contribution in [2.45, 2.75) is 25.4 Å². The van der Waals surface area contributed by atoms with Gasteiger partial charge in [-0.2, -0.15) is 0 Å². The van der Waals surface area contributed by atoms with Gasteiger partial charge in [-0.1, -0.05) is 35.0 Å². The average molecular weight is 340 g/mol. The van der Waals surface area contributed by atoms with Crippen LogP contribution in [0.2, 0.25) is 0 Å². The lowest BCUT2D eigenvalue weighted by molar-refractivity contribution is -0.119. The normalized spacial score (nSPS) is 17.1. The Morgan fingerprint density at radius 1 is 1.45 bits per heavy atom. The number of hydrogen-bond donors (Lipinski definition) is 2. The summed E-state index contributed by atoms with van der Waals surface area (Å²) in [6.45, 7) is 2.63. The Hall–Kier alpha value is -1.33. The lowest BCUT2D eigenvalue weighted by Gasteiger charge is -2.27. The van der Waals surface area contributed by atoms with Crippen LogP contribution in [-0.2, 0) is 15.1 Å². The van der Waals surface area contributed by atoms with E-state index in [1.165, 1.54) is 6.26 Å². The summed E-state index contributed by atoms with van der Waals surface area (Å²) in [6.07, 6.45) is 2.62. The van der Waals surface area contributed by atoms with Crippen LogP contribution in [0.3, 0.4) is 0 Å². The summed E-state index contributed by atoms with van der Waals surface area (Å²) in [5, 5.41) is 13.5. The molecule has 1 aliphatic heterocycles. The molecule has 0 aromatic heterocycles. The summed E-state index contributed by atoms with van der Waals surface area (Å²) >= 11 is 3.37. The average Bonchev–Trinajstić information content (AvgIpc) is 2.99. The number of rotatable bonds is 5. The fourth-order valence-electron chi connectivity index (χ4n) is 2.09. The molecule has 108 valence electrons. The molecule has 20 heavy (non-hydrogen) atoms. The van der Waals surface area contributed by atoms with Crippen LogP contribution in [0.5, 0.6) is 0 Å². The predicted octanol–water partition coefficient (Wildman–Crippen LogP) is 2.47. The SMILES string of the molecule is CC[C@](O)(CNC(=O)C1=COCC1)c1ccc(Br)cc1. The molecule has 1 heterocycles. The van der Waals surface area contributed by atoms with Crippen LogP contribution < -0.4 is 5.32 Å². The van der Waals surface area contributed by atoms with E-state index < -0.39 is 5.60 Å². The van der Waals surface area contributed by atoms with Crippen LogP contribution in [0.15, 0.2) is 40.6 Å². The highest BCUT2D eigenvalue weighted by atomic mass is 79.9. The first-order valence-electron chi connectivity index (χ1n) is 6.62. The zero-order chi connectivity index (χ0) is 14.6. The van der Waals surface area contributed by atoms with Gasteiger partial charge in [0.25, 0.3) is 5.91 Å². The van der Waals surface area contributed by atoms with Gasteiger partial charge in [-0.15, -0.1) is 0 Å². The lowest BCUT2D eigenvalue weighted by atomic mass is 9.91. The fourth-order valence-corrected chi connectivity index (χ4v) is 2.35. The molecule has 1 amide bonds. The van der Waals surface area contributed by atoms with Crippen LogP contribution in [0.4, 0.5) is 0 Å². The van der Waals surface area contributed by atoms with Gasteiger partial charge in [0.1, 0.15) is 5.60 Å². The topological polar surface area (TPSA) is 58.6 Å². The number of ether oxygens (including phenoxy) is 1. The van der Waals surface area contributed by atoms with Crippen LogP contribution in [-0.4, -0.2) is 24.2 Å². The summed E-state index contributed by atoms with van der Waals surface area (Å²) in [4.78, 5) is 11.9. The molecule has 1 aromatic rings. The Labute approximate surface area is 127 Å². The van der Waals surface area contributed by atoms with Crippen molar-refractivity contribution >= 4 is 21.8 Å². The van der Waals surface area contributed by atoms with Crippen molar-refractivity contribution in [3.63, 3.8) is 0 Å². The molecule has 0 saturated heterocycles. The van der Waals surface area contributed by atoms with E-state index in [9.17, 15) is 9.90 Å². The minimum atomic E-state index is -1.06. The predicted molar refractivity (Wildman–Crippen MR) is 80.0 cm³/mol. The minimum Gasteiger partial charge on any atom is -0.500 e. The van der Waals surface area contributed by atoms with Crippen LogP contribution >= 0.6 is 15.9 Å². The van der Waals surface area contributed by atoms with Gasteiger partial charge in [0.2, 0.25) is 0 Å². The molecule has 2 rings (SSSR count). The lowest BCUT2D eigenvalue weighted by Crippen LogP contribution is -2.40. The molecule has 0 spiro atoms. The van der Waals surface area contributed by atoms with Crippen LogP contribution in [0.1, 0.15) is 25.3 Å². The van der Waals surface area contributed by atoms with Crippen molar-refractivity contribution in [3.8, 4) is 0 Å². The van der Waals surface area contributed by atoms with Gasteiger partial charge in [0.05, 0.1) is 25.0 Å². The number of hydrogen-bond acceptors (Lipinski definition) is 3. The van der Waals surface area contributed by atoms with Gasteiger partial charge in [0, 0.05) is 10.9 Å². The van der Waals surface area contributed by atoms with Gasteiger partial charge in [-0.3, -0.25) is 4.79 Å². The van der Waals surface area contributed by atoms with Gasteiger partial charge in [0.15, 0.2) is 0 Å². The van der Waals surface area contributed by atoms with E-state index in [1.54, 1.807) is 0 Å². The van der Waals surface area contributed by atoms with Crippen molar-refractivity contribution in [1.82, 2.24) is 5.32 Å². The van der Waals surface area contributed by atoms with Crippen LogP contribution in [0.25, 0.3) is 0 Å². The van der Waals surface area contributed by atoms with Crippen molar-refractivity contribution < 1.29 is 14.6 Å². The second-order valence-electron chi connectivity index (χ2n) is 4.84. The van der Waals surface area contributed by atoms with Gasteiger partial charge in [-0.05, 0) is 24.1 Å². The third-order valence-corrected chi connectivity index (χ3v) is 4.04. The first kappa shape index (κ1) is 15.1. The van der Waals surface area contributed by atoms with Crippen LogP contribution in [0, 0.1) is 0 Å². The Morgan fingerprint density at radius 2 is 2.15 bits per heavy atom. The molecule has 2 N–H and O–H groups in total. The maximum absolute atomic E-state index is 11.9. The quantitative estimate of drug-likeness (QED) is 0.866. The molecule has 1 aliphatic rings. The molecule has 4 nitrogen and oxygen atoms in total. The zero-order valence-electron chi connectivity index (χ0n) is 11.4. The number of nitrogens with one attached hydrogen (secondary N) is 1. The third-order valence-electron chi connectivity index (χ3n) is 3.51. The number of aliphatic hydroxyl groups is 1. The molecule has 0 unspecified atom stereocenters. The number of carbonyl (C=O) groups is 1. The Morgan fingerprint density at radius 3 is 2.70 bits per heavy atom. The van der Waals surface area contributed by atoms with Gasteiger partial charge < -0.3 is 15.2 Å². The smallest absolute Gasteiger partial charge is 0.250 e. The van der Waals surface area contributed by atoms with Crippen molar-refractivity contribution in [3.05, 3.63) is 46.1 Å². The van der Waals surface area contributed by atoms with Gasteiger partial charge >= 0.3 is 0 Å². The Balaban J connectivity index is 2.03. The monoisotopic (exact) mass is 339 g/mol. The first-order valence-corrected chi connectivity index (χ1v) is 7.42. The fraction of sp³-hybridized carbons (Fsp3) is 0.400. The molecular weight excluding hydrogens is 322 g/mol. The highest BCUT2D eigenvalue weighted by Crippen LogP contribution is 2.26.